The van der Waals surface area contributed by atoms with Gasteiger partial charge in [0.1, 0.15) is 11.5 Å². The molecular weight excluding hydrogens is 560 g/mol. The van der Waals surface area contributed by atoms with Crippen LogP contribution in [0.25, 0.3) is 11.1 Å². The molecule has 0 N–H and O–H groups in total. The van der Waals surface area contributed by atoms with Crippen LogP contribution in [-0.2, 0) is 25.7 Å². The number of ether oxygens (including phenoxy) is 8. The Morgan fingerprint density at radius 3 is 0.864 bits per heavy atom. The molecule has 0 spiro atoms. The summed E-state index contributed by atoms with van der Waals surface area (Å²) in [5.41, 5.74) is 6.42. The molecule has 0 radical (unpaired) electrons. The molecule has 0 bridgehead atoms. The second kappa shape index (κ2) is 15.1. The molecule has 0 heterocycles. The fraction of sp³-hybridized carbons (Fsp3) is 0.333. The topological polar surface area (TPSA) is 73.8 Å². The molecule has 0 amide bonds. The van der Waals surface area contributed by atoms with Crippen LogP contribution < -0.4 is 37.9 Å². The van der Waals surface area contributed by atoms with E-state index in [-0.39, 0.29) is 0 Å². The van der Waals surface area contributed by atoms with Gasteiger partial charge in [0, 0.05) is 11.1 Å². The van der Waals surface area contributed by atoms with E-state index in [0.29, 0.717) is 34.5 Å². The number of aryl methyl sites for hydroxylation is 4. The summed E-state index contributed by atoms with van der Waals surface area (Å²) in [6.45, 7) is 0. The van der Waals surface area contributed by atoms with E-state index in [1.807, 2.05) is 24.3 Å². The zero-order valence-corrected chi connectivity index (χ0v) is 26.9. The number of rotatable bonds is 15. The molecule has 234 valence electrons. The second-order valence-electron chi connectivity index (χ2n) is 10.1. The molecule has 8 nitrogen and oxygen atoms in total. The van der Waals surface area contributed by atoms with Gasteiger partial charge in [-0.15, -0.1) is 0 Å². The van der Waals surface area contributed by atoms with Crippen molar-refractivity contribution in [3.63, 3.8) is 0 Å². The SMILES string of the molecule is COc1cc(CCc2cc(OC)c(OC)c(OC)c2)ccc1-c1ccc(CCc2cc(OC)c(OC)c(OC)c2)cc1OC. The van der Waals surface area contributed by atoms with Crippen LogP contribution in [0.2, 0.25) is 0 Å². The van der Waals surface area contributed by atoms with Gasteiger partial charge < -0.3 is 37.9 Å². The average molecular weight is 603 g/mol. The van der Waals surface area contributed by atoms with Gasteiger partial charge >= 0.3 is 0 Å². The van der Waals surface area contributed by atoms with Crippen LogP contribution in [0.4, 0.5) is 0 Å². The Balaban J connectivity index is 1.52. The second-order valence-corrected chi connectivity index (χ2v) is 10.1. The number of methoxy groups -OCH3 is 8. The van der Waals surface area contributed by atoms with Crippen LogP contribution in [0.3, 0.4) is 0 Å². The summed E-state index contributed by atoms with van der Waals surface area (Å²) in [6.07, 6.45) is 3.21. The number of benzene rings is 4. The molecule has 4 aromatic rings. The highest BCUT2D eigenvalue weighted by Crippen LogP contribution is 2.41. The summed E-state index contributed by atoms with van der Waals surface area (Å²) < 4.78 is 44.7. The molecule has 8 heteroatoms. The van der Waals surface area contributed by atoms with Gasteiger partial charge in [0.2, 0.25) is 11.5 Å². The summed E-state index contributed by atoms with van der Waals surface area (Å²) in [5, 5.41) is 0. The van der Waals surface area contributed by atoms with Crippen molar-refractivity contribution in [3.8, 4) is 57.1 Å². The molecule has 0 saturated carbocycles. The highest BCUT2D eigenvalue weighted by atomic mass is 16.5. The average Bonchev–Trinajstić information content (AvgIpc) is 3.08. The lowest BCUT2D eigenvalue weighted by Crippen LogP contribution is -2.00. The quantitative estimate of drug-likeness (QED) is 0.144. The third-order valence-corrected chi connectivity index (χ3v) is 7.68. The van der Waals surface area contributed by atoms with E-state index in [9.17, 15) is 0 Å². The first-order valence-corrected chi connectivity index (χ1v) is 14.3. The van der Waals surface area contributed by atoms with Gasteiger partial charge in [0.15, 0.2) is 23.0 Å². The van der Waals surface area contributed by atoms with Crippen molar-refractivity contribution in [2.45, 2.75) is 25.7 Å². The third-order valence-electron chi connectivity index (χ3n) is 7.68. The molecule has 0 aliphatic rings. The zero-order chi connectivity index (χ0) is 31.6. The van der Waals surface area contributed by atoms with Crippen molar-refractivity contribution in [1.82, 2.24) is 0 Å². The lowest BCUT2D eigenvalue weighted by molar-refractivity contribution is 0.324. The molecule has 4 rings (SSSR count). The monoisotopic (exact) mass is 602 g/mol. The van der Waals surface area contributed by atoms with E-state index in [2.05, 4.69) is 36.4 Å². The summed E-state index contributed by atoms with van der Waals surface area (Å²) >= 11 is 0. The highest BCUT2D eigenvalue weighted by Gasteiger charge is 2.17. The number of hydrogen-bond acceptors (Lipinski definition) is 8. The summed E-state index contributed by atoms with van der Waals surface area (Å²) in [4.78, 5) is 0. The van der Waals surface area contributed by atoms with Crippen molar-refractivity contribution in [1.29, 1.82) is 0 Å². The van der Waals surface area contributed by atoms with Crippen molar-refractivity contribution >= 4 is 0 Å². The molecule has 4 aromatic carbocycles. The maximum Gasteiger partial charge on any atom is 0.203 e. The molecule has 0 atom stereocenters. The minimum Gasteiger partial charge on any atom is -0.496 e. The van der Waals surface area contributed by atoms with E-state index in [0.717, 1.165) is 70.6 Å². The van der Waals surface area contributed by atoms with Gasteiger partial charge in [-0.3, -0.25) is 0 Å². The molecule has 0 aromatic heterocycles. The van der Waals surface area contributed by atoms with Crippen molar-refractivity contribution in [2.75, 3.05) is 56.9 Å². The van der Waals surface area contributed by atoms with Crippen LogP contribution >= 0.6 is 0 Å². The highest BCUT2D eigenvalue weighted by molar-refractivity contribution is 5.76. The van der Waals surface area contributed by atoms with E-state index in [4.69, 9.17) is 37.9 Å². The van der Waals surface area contributed by atoms with Crippen LogP contribution in [-0.4, -0.2) is 56.9 Å². The first-order chi connectivity index (χ1) is 21.4. The number of hydrogen-bond donors (Lipinski definition) is 0. The first-order valence-electron chi connectivity index (χ1n) is 14.3. The summed E-state index contributed by atoms with van der Waals surface area (Å²) in [7, 11) is 13.1. The van der Waals surface area contributed by atoms with E-state index in [1.54, 1.807) is 56.9 Å². The van der Waals surface area contributed by atoms with Gasteiger partial charge in [0.05, 0.1) is 56.9 Å². The minimum absolute atomic E-state index is 0.589. The Morgan fingerprint density at radius 1 is 0.318 bits per heavy atom. The van der Waals surface area contributed by atoms with Gasteiger partial charge in [-0.25, -0.2) is 0 Å². The Morgan fingerprint density at radius 2 is 0.591 bits per heavy atom. The Labute approximate surface area is 260 Å². The van der Waals surface area contributed by atoms with Crippen LogP contribution in [0, 0.1) is 0 Å². The van der Waals surface area contributed by atoms with Crippen molar-refractivity contribution in [3.05, 3.63) is 82.9 Å². The Hall–Kier alpha value is -4.72. The minimum atomic E-state index is 0.589. The molecule has 0 fully saturated rings. The fourth-order valence-electron chi connectivity index (χ4n) is 5.36. The third kappa shape index (κ3) is 7.08. The van der Waals surface area contributed by atoms with Crippen LogP contribution in [0.1, 0.15) is 22.3 Å². The van der Waals surface area contributed by atoms with Gasteiger partial charge in [0.25, 0.3) is 0 Å². The van der Waals surface area contributed by atoms with Crippen molar-refractivity contribution in [2.24, 2.45) is 0 Å². The summed E-state index contributed by atoms with van der Waals surface area (Å²) in [5.74, 6) is 5.34. The van der Waals surface area contributed by atoms with Crippen LogP contribution in [0.5, 0.6) is 46.0 Å². The predicted octanol–water partition coefficient (Wildman–Crippen LogP) is 6.99. The molecule has 44 heavy (non-hydrogen) atoms. The molecule has 0 unspecified atom stereocenters. The van der Waals surface area contributed by atoms with E-state index >= 15 is 0 Å². The van der Waals surface area contributed by atoms with E-state index < -0.39 is 0 Å². The standard InChI is InChI=1S/C36H42O8/c1-37-29-17-23(9-11-25-19-31(39-3)35(43-7)32(20-25)40-4)13-15-27(29)28-16-14-24(18-30(28)38-2)10-12-26-21-33(41-5)36(44-8)34(22-26)42-6/h13-22H,9-12H2,1-8H3. The summed E-state index contributed by atoms with van der Waals surface area (Å²) in [6, 6.07) is 20.6. The largest absolute Gasteiger partial charge is 0.496 e. The van der Waals surface area contributed by atoms with Gasteiger partial charge in [-0.1, -0.05) is 24.3 Å². The van der Waals surface area contributed by atoms with Crippen LogP contribution in [0.15, 0.2) is 60.7 Å². The molecule has 0 saturated heterocycles. The maximum absolute atomic E-state index is 5.85. The molecular formula is C36H42O8. The Bertz CT molecular complexity index is 1400. The Kier molecular flexibility index (Phi) is 11.1. The van der Waals surface area contributed by atoms with Crippen molar-refractivity contribution < 1.29 is 37.9 Å². The lowest BCUT2D eigenvalue weighted by atomic mass is 9.96. The lowest BCUT2D eigenvalue weighted by Gasteiger charge is -2.16. The first kappa shape index (κ1) is 32.2. The normalized spacial score (nSPS) is 10.6. The van der Waals surface area contributed by atoms with Gasteiger partial charge in [-0.2, -0.15) is 0 Å². The molecule has 0 aliphatic heterocycles. The predicted molar refractivity (Wildman–Crippen MR) is 172 cm³/mol. The maximum atomic E-state index is 5.85. The smallest absolute Gasteiger partial charge is 0.203 e. The van der Waals surface area contributed by atoms with Gasteiger partial charge in [-0.05, 0) is 84.3 Å². The molecule has 0 aliphatic carbocycles. The fourth-order valence-corrected chi connectivity index (χ4v) is 5.36. The van der Waals surface area contributed by atoms with E-state index in [1.165, 1.54) is 0 Å². The zero-order valence-electron chi connectivity index (χ0n) is 26.9.